The van der Waals surface area contributed by atoms with Gasteiger partial charge in [-0.05, 0) is 17.6 Å². The highest BCUT2D eigenvalue weighted by atomic mass is 14.4. The molecular weight excluding hydrogens is 158 g/mol. The quantitative estimate of drug-likeness (QED) is 0.617. The van der Waals surface area contributed by atoms with Gasteiger partial charge in [-0.3, -0.25) is 5.41 Å². The van der Waals surface area contributed by atoms with E-state index in [1.165, 1.54) is 0 Å². The molecule has 0 unspecified atom stereocenters. The summed E-state index contributed by atoms with van der Waals surface area (Å²) in [5, 5.41) is 7.88. The summed E-state index contributed by atoms with van der Waals surface area (Å²) in [5.74, 6) is 0. The van der Waals surface area contributed by atoms with E-state index in [2.05, 4.69) is 18.7 Å². The Morgan fingerprint density at radius 3 is 2.85 bits per heavy atom. The smallest absolute Gasteiger partial charge is 0.0647 e. The summed E-state index contributed by atoms with van der Waals surface area (Å²) in [6.07, 6.45) is 4.90. The van der Waals surface area contributed by atoms with E-state index in [1.807, 2.05) is 24.3 Å². The predicted octanol–water partition coefficient (Wildman–Crippen LogP) is 3.03. The number of hydrogen-bond donors (Lipinski definition) is 1. The van der Waals surface area contributed by atoms with Crippen LogP contribution in [0.5, 0.6) is 0 Å². The molecule has 0 aliphatic heterocycles. The predicted molar refractivity (Wildman–Crippen MR) is 56.1 cm³/mol. The summed E-state index contributed by atoms with van der Waals surface area (Å²) in [7, 11) is 0. The molecule has 0 amide bonds. The third kappa shape index (κ3) is 1.33. The Hall–Kier alpha value is -1.63. The molecule has 0 heterocycles. The second-order valence-electron chi connectivity index (χ2n) is 3.17. The van der Waals surface area contributed by atoms with Crippen molar-refractivity contribution in [3.63, 3.8) is 0 Å². The van der Waals surface area contributed by atoms with Crippen molar-refractivity contribution in [1.29, 1.82) is 5.41 Å². The van der Waals surface area contributed by atoms with Crippen molar-refractivity contribution in [2.75, 3.05) is 0 Å². The molecule has 0 saturated heterocycles. The van der Waals surface area contributed by atoms with E-state index in [1.54, 1.807) is 0 Å². The minimum absolute atomic E-state index is 0.570. The highest BCUT2D eigenvalue weighted by Gasteiger charge is 2.10. The molecule has 1 aromatic rings. The van der Waals surface area contributed by atoms with Crippen LogP contribution in [0.1, 0.15) is 17.5 Å². The van der Waals surface area contributed by atoms with Gasteiger partial charge in [-0.25, -0.2) is 0 Å². The maximum Gasteiger partial charge on any atom is 0.0647 e. The number of benzene rings is 1. The maximum absolute atomic E-state index is 7.88. The van der Waals surface area contributed by atoms with Crippen LogP contribution in [-0.4, -0.2) is 5.71 Å². The second-order valence-corrected chi connectivity index (χ2v) is 3.17. The van der Waals surface area contributed by atoms with Crippen LogP contribution in [0.25, 0.3) is 6.08 Å². The van der Waals surface area contributed by atoms with Gasteiger partial charge in [0, 0.05) is 5.56 Å². The molecule has 1 aliphatic rings. The topological polar surface area (TPSA) is 23.9 Å². The van der Waals surface area contributed by atoms with Gasteiger partial charge >= 0.3 is 0 Å². The molecule has 0 spiro atoms. The monoisotopic (exact) mass is 169 g/mol. The molecule has 2 rings (SSSR count). The third-order valence-electron chi connectivity index (χ3n) is 2.25. The van der Waals surface area contributed by atoms with E-state index in [9.17, 15) is 0 Å². The van der Waals surface area contributed by atoms with Crippen molar-refractivity contribution in [3.05, 3.63) is 53.6 Å². The highest BCUT2D eigenvalue weighted by molar-refractivity contribution is 6.13. The standard InChI is InChI=1S/C12H11N/c1-9-5-4-7-10-6-2-3-8-11(10)12(9)13/h2-4,6-8,13H,1,5H2. The van der Waals surface area contributed by atoms with Crippen molar-refractivity contribution in [3.8, 4) is 0 Å². The lowest BCUT2D eigenvalue weighted by molar-refractivity contribution is 1.32. The fourth-order valence-electron chi connectivity index (χ4n) is 1.49. The summed E-state index contributed by atoms with van der Waals surface area (Å²) in [6, 6.07) is 7.95. The van der Waals surface area contributed by atoms with Gasteiger partial charge in [0.2, 0.25) is 0 Å². The summed E-state index contributed by atoms with van der Waals surface area (Å²) in [4.78, 5) is 0. The van der Waals surface area contributed by atoms with Crippen molar-refractivity contribution in [2.45, 2.75) is 6.42 Å². The lowest BCUT2D eigenvalue weighted by Crippen LogP contribution is -2.01. The van der Waals surface area contributed by atoms with Crippen LogP contribution in [-0.2, 0) is 0 Å². The van der Waals surface area contributed by atoms with Crippen molar-refractivity contribution in [1.82, 2.24) is 0 Å². The minimum Gasteiger partial charge on any atom is -0.300 e. The van der Waals surface area contributed by atoms with Crippen molar-refractivity contribution >= 4 is 11.8 Å². The van der Waals surface area contributed by atoms with Gasteiger partial charge in [-0.15, -0.1) is 0 Å². The molecule has 1 nitrogen and oxygen atoms in total. The Kier molecular flexibility index (Phi) is 1.85. The summed E-state index contributed by atoms with van der Waals surface area (Å²) < 4.78 is 0. The molecule has 64 valence electrons. The Labute approximate surface area is 77.9 Å². The van der Waals surface area contributed by atoms with Crippen LogP contribution in [0.2, 0.25) is 0 Å². The van der Waals surface area contributed by atoms with Crippen molar-refractivity contribution < 1.29 is 0 Å². The van der Waals surface area contributed by atoms with Crippen LogP contribution in [0.3, 0.4) is 0 Å². The molecule has 1 aliphatic carbocycles. The number of rotatable bonds is 0. The third-order valence-corrected chi connectivity index (χ3v) is 2.25. The number of nitrogens with one attached hydrogen (secondary N) is 1. The van der Waals surface area contributed by atoms with E-state index in [0.717, 1.165) is 23.1 Å². The van der Waals surface area contributed by atoms with Gasteiger partial charge < -0.3 is 0 Å². The fraction of sp³-hybridized carbons (Fsp3) is 0.0833. The molecule has 0 fully saturated rings. The van der Waals surface area contributed by atoms with Gasteiger partial charge in [0.15, 0.2) is 0 Å². The van der Waals surface area contributed by atoms with Crippen LogP contribution >= 0.6 is 0 Å². The van der Waals surface area contributed by atoms with Gasteiger partial charge in [-0.2, -0.15) is 0 Å². The number of allylic oxidation sites excluding steroid dienone is 2. The van der Waals surface area contributed by atoms with E-state index < -0.39 is 0 Å². The lowest BCUT2D eigenvalue weighted by Gasteiger charge is -2.05. The fourth-order valence-corrected chi connectivity index (χ4v) is 1.49. The molecule has 13 heavy (non-hydrogen) atoms. The number of hydrogen-bond acceptors (Lipinski definition) is 1. The van der Waals surface area contributed by atoms with E-state index in [-0.39, 0.29) is 0 Å². The summed E-state index contributed by atoms with van der Waals surface area (Å²) in [5.41, 5.74) is 3.56. The normalized spacial score (nSPS) is 15.4. The Bertz CT molecular complexity index is 399. The van der Waals surface area contributed by atoms with Gasteiger partial charge in [0.25, 0.3) is 0 Å². The molecule has 0 saturated carbocycles. The summed E-state index contributed by atoms with van der Waals surface area (Å²) in [6.45, 7) is 3.88. The molecule has 0 radical (unpaired) electrons. The zero-order chi connectivity index (χ0) is 9.26. The highest BCUT2D eigenvalue weighted by Crippen LogP contribution is 2.20. The Balaban J connectivity index is 2.61. The molecule has 0 bridgehead atoms. The zero-order valence-corrected chi connectivity index (χ0v) is 7.38. The first-order valence-electron chi connectivity index (χ1n) is 4.31. The van der Waals surface area contributed by atoms with Gasteiger partial charge in [0.1, 0.15) is 0 Å². The van der Waals surface area contributed by atoms with Crippen LogP contribution in [0, 0.1) is 5.41 Å². The Morgan fingerprint density at radius 2 is 2.00 bits per heavy atom. The largest absolute Gasteiger partial charge is 0.300 e. The SMILES string of the molecule is C=C1CC=Cc2ccccc2C1=N. The zero-order valence-electron chi connectivity index (χ0n) is 7.38. The number of fused-ring (bicyclic) bond motifs is 1. The first-order valence-corrected chi connectivity index (χ1v) is 4.31. The first kappa shape index (κ1) is 7.99. The molecule has 0 atom stereocenters. The molecule has 1 aromatic carbocycles. The molecule has 0 aromatic heterocycles. The van der Waals surface area contributed by atoms with E-state index in [4.69, 9.17) is 5.41 Å². The second kappa shape index (κ2) is 3.02. The lowest BCUT2D eigenvalue weighted by atomic mass is 10.0. The first-order chi connectivity index (χ1) is 6.29. The average Bonchev–Trinajstić information content (AvgIpc) is 2.29. The summed E-state index contributed by atoms with van der Waals surface area (Å²) >= 11 is 0. The van der Waals surface area contributed by atoms with Crippen LogP contribution in [0.15, 0.2) is 42.5 Å². The Morgan fingerprint density at radius 1 is 1.23 bits per heavy atom. The van der Waals surface area contributed by atoms with Crippen LogP contribution in [0.4, 0.5) is 0 Å². The molecule has 1 heteroatoms. The minimum atomic E-state index is 0.570. The average molecular weight is 169 g/mol. The maximum atomic E-state index is 7.88. The van der Waals surface area contributed by atoms with Crippen molar-refractivity contribution in [2.24, 2.45) is 0 Å². The van der Waals surface area contributed by atoms with Gasteiger partial charge in [0.05, 0.1) is 5.71 Å². The van der Waals surface area contributed by atoms with Gasteiger partial charge in [-0.1, -0.05) is 43.0 Å². The van der Waals surface area contributed by atoms with E-state index in [0.29, 0.717) is 5.71 Å². The molecular formula is C12H11N. The van der Waals surface area contributed by atoms with Crippen LogP contribution < -0.4 is 0 Å². The molecule has 1 N–H and O–H groups in total. The van der Waals surface area contributed by atoms with E-state index >= 15 is 0 Å².